The Bertz CT molecular complexity index is 1470. The van der Waals surface area contributed by atoms with Crippen molar-refractivity contribution in [2.24, 2.45) is 5.10 Å². The molecule has 0 unspecified atom stereocenters. The average molecular weight is 447 g/mol. The summed E-state index contributed by atoms with van der Waals surface area (Å²) in [6, 6.07) is 14.2. The Morgan fingerprint density at radius 2 is 1.97 bits per heavy atom. The van der Waals surface area contributed by atoms with Crippen LogP contribution < -0.4 is 20.7 Å². The number of hydrogen-bond acceptors (Lipinski definition) is 8. The van der Waals surface area contributed by atoms with Crippen LogP contribution in [0.15, 0.2) is 75.5 Å². The number of benzene rings is 2. The van der Waals surface area contributed by atoms with Crippen molar-refractivity contribution in [3.05, 3.63) is 97.3 Å². The smallest absolute Gasteiger partial charge is 0.349 e. The summed E-state index contributed by atoms with van der Waals surface area (Å²) in [7, 11) is 0. The lowest BCUT2D eigenvalue weighted by Gasteiger charge is -2.11. The highest BCUT2D eigenvalue weighted by atomic mass is 16.6. The fourth-order valence-electron chi connectivity index (χ4n) is 2.99. The Labute approximate surface area is 185 Å². The summed E-state index contributed by atoms with van der Waals surface area (Å²) in [5.41, 5.74) is -0.386. The van der Waals surface area contributed by atoms with E-state index in [1.165, 1.54) is 18.3 Å². The second-order valence-corrected chi connectivity index (χ2v) is 6.69. The highest BCUT2D eigenvalue weighted by molar-refractivity contribution is 5.81. The molecule has 0 radical (unpaired) electrons. The normalized spacial score (nSPS) is 11.1. The molecule has 0 amide bonds. The van der Waals surface area contributed by atoms with Crippen LogP contribution in [0.1, 0.15) is 12.5 Å². The maximum atomic E-state index is 12.6. The predicted octanol–water partition coefficient (Wildman–Crippen LogP) is 3.07. The summed E-state index contributed by atoms with van der Waals surface area (Å²) >= 11 is 0. The van der Waals surface area contributed by atoms with Crippen LogP contribution in [0.3, 0.4) is 0 Å². The Hall–Kier alpha value is -4.80. The summed E-state index contributed by atoms with van der Waals surface area (Å²) in [4.78, 5) is 41.6. The molecule has 2 aromatic carbocycles. The van der Waals surface area contributed by atoms with Crippen molar-refractivity contribution in [3.8, 4) is 17.4 Å². The van der Waals surface area contributed by atoms with Gasteiger partial charge in [-0.1, -0.05) is 12.1 Å². The first-order valence-electron chi connectivity index (χ1n) is 9.80. The standard InChI is InChI=1S/C22H17N5O6/c1-2-32-19-11-14(7-9-18(19)33-20-10-8-15(13-23-20)27(30)31)12-24-26-21(28)16-5-3-4-6-17(16)25-22(26)29/h3-13H,2H2,1H3,(H,25,29). The minimum absolute atomic E-state index is 0.150. The number of ether oxygens (including phenoxy) is 2. The number of nitrogens with zero attached hydrogens (tertiary/aromatic N) is 4. The van der Waals surface area contributed by atoms with Crippen LogP contribution in [-0.2, 0) is 0 Å². The molecule has 0 saturated heterocycles. The molecular weight excluding hydrogens is 430 g/mol. The number of pyridine rings is 1. The number of para-hydroxylation sites is 1. The fourth-order valence-corrected chi connectivity index (χ4v) is 2.99. The number of rotatable bonds is 7. The molecule has 0 bridgehead atoms. The SMILES string of the molecule is CCOc1cc(C=Nn2c(=O)[nH]c3ccccc3c2=O)ccc1Oc1ccc([N+](=O)[O-])cn1. The van der Waals surface area contributed by atoms with Crippen molar-refractivity contribution >= 4 is 22.8 Å². The van der Waals surface area contributed by atoms with Gasteiger partial charge in [-0.15, -0.1) is 4.68 Å². The quantitative estimate of drug-likeness (QED) is 0.261. The first-order chi connectivity index (χ1) is 16.0. The monoisotopic (exact) mass is 447 g/mol. The predicted molar refractivity (Wildman–Crippen MR) is 120 cm³/mol. The molecule has 4 aromatic rings. The summed E-state index contributed by atoms with van der Waals surface area (Å²) in [6.45, 7) is 2.14. The molecule has 0 saturated carbocycles. The molecule has 0 fully saturated rings. The van der Waals surface area contributed by atoms with Crippen LogP contribution in [0.2, 0.25) is 0 Å². The molecule has 11 nitrogen and oxygen atoms in total. The molecule has 166 valence electrons. The van der Waals surface area contributed by atoms with Gasteiger partial charge in [0.05, 0.1) is 28.6 Å². The molecule has 11 heteroatoms. The van der Waals surface area contributed by atoms with Crippen LogP contribution in [0.5, 0.6) is 17.4 Å². The summed E-state index contributed by atoms with van der Waals surface area (Å²) < 4.78 is 12.0. The molecule has 0 aliphatic carbocycles. The number of aromatic amines is 1. The van der Waals surface area contributed by atoms with E-state index >= 15 is 0 Å². The van der Waals surface area contributed by atoms with Gasteiger partial charge in [0.15, 0.2) is 11.5 Å². The Balaban J connectivity index is 1.63. The Morgan fingerprint density at radius 1 is 1.15 bits per heavy atom. The van der Waals surface area contributed by atoms with E-state index < -0.39 is 16.2 Å². The molecule has 0 atom stereocenters. The van der Waals surface area contributed by atoms with E-state index in [0.717, 1.165) is 10.9 Å². The number of aromatic nitrogens is 3. The van der Waals surface area contributed by atoms with Crippen LogP contribution >= 0.6 is 0 Å². The fraction of sp³-hybridized carbons (Fsp3) is 0.0909. The molecule has 4 rings (SSSR count). The highest BCUT2D eigenvalue weighted by Gasteiger charge is 2.11. The molecule has 0 aliphatic heterocycles. The maximum Gasteiger partial charge on any atom is 0.349 e. The van der Waals surface area contributed by atoms with E-state index in [4.69, 9.17) is 9.47 Å². The van der Waals surface area contributed by atoms with Gasteiger partial charge >= 0.3 is 5.69 Å². The van der Waals surface area contributed by atoms with Crippen molar-refractivity contribution in [3.63, 3.8) is 0 Å². The van der Waals surface area contributed by atoms with E-state index in [9.17, 15) is 19.7 Å². The number of hydrogen-bond donors (Lipinski definition) is 1. The molecule has 33 heavy (non-hydrogen) atoms. The minimum Gasteiger partial charge on any atom is -0.490 e. The lowest BCUT2D eigenvalue weighted by molar-refractivity contribution is -0.385. The number of H-pyrrole nitrogens is 1. The summed E-state index contributed by atoms with van der Waals surface area (Å²) in [6.07, 6.45) is 2.44. The van der Waals surface area contributed by atoms with Gasteiger partial charge in [-0.25, -0.2) is 9.78 Å². The van der Waals surface area contributed by atoms with Crippen LogP contribution in [0.4, 0.5) is 5.69 Å². The van der Waals surface area contributed by atoms with E-state index in [1.54, 1.807) is 49.4 Å². The third-order valence-corrected chi connectivity index (χ3v) is 4.52. The van der Waals surface area contributed by atoms with Gasteiger partial charge in [0.2, 0.25) is 5.88 Å². The second-order valence-electron chi connectivity index (χ2n) is 6.69. The Morgan fingerprint density at radius 3 is 2.70 bits per heavy atom. The first kappa shape index (κ1) is 21.4. The summed E-state index contributed by atoms with van der Waals surface area (Å²) in [5.74, 6) is 0.842. The molecule has 2 heterocycles. The van der Waals surface area contributed by atoms with E-state index in [0.29, 0.717) is 34.6 Å². The van der Waals surface area contributed by atoms with Crippen molar-refractivity contribution in [1.82, 2.24) is 14.6 Å². The Kier molecular flexibility index (Phi) is 5.94. The zero-order chi connectivity index (χ0) is 23.4. The first-order valence-corrected chi connectivity index (χ1v) is 9.80. The van der Waals surface area contributed by atoms with E-state index in [1.807, 2.05) is 0 Å². The molecule has 1 N–H and O–H groups in total. The zero-order valence-corrected chi connectivity index (χ0v) is 17.3. The van der Waals surface area contributed by atoms with E-state index in [2.05, 4.69) is 15.1 Å². The van der Waals surface area contributed by atoms with Crippen LogP contribution in [0.25, 0.3) is 10.9 Å². The van der Waals surface area contributed by atoms with Crippen molar-refractivity contribution in [2.45, 2.75) is 6.92 Å². The van der Waals surface area contributed by atoms with Crippen molar-refractivity contribution in [1.29, 1.82) is 0 Å². The van der Waals surface area contributed by atoms with Gasteiger partial charge in [-0.2, -0.15) is 5.10 Å². The lowest BCUT2D eigenvalue weighted by atomic mass is 10.2. The maximum absolute atomic E-state index is 12.6. The van der Waals surface area contributed by atoms with Gasteiger partial charge in [-0.05, 0) is 42.8 Å². The zero-order valence-electron chi connectivity index (χ0n) is 17.3. The minimum atomic E-state index is -0.663. The van der Waals surface area contributed by atoms with Gasteiger partial charge in [0.1, 0.15) is 6.20 Å². The lowest BCUT2D eigenvalue weighted by Crippen LogP contribution is -2.32. The number of fused-ring (bicyclic) bond motifs is 1. The molecule has 0 aliphatic rings. The van der Waals surface area contributed by atoms with Crippen molar-refractivity contribution in [2.75, 3.05) is 6.61 Å². The molecule has 0 spiro atoms. The average Bonchev–Trinajstić information content (AvgIpc) is 2.81. The highest BCUT2D eigenvalue weighted by Crippen LogP contribution is 2.32. The summed E-state index contributed by atoms with van der Waals surface area (Å²) in [5, 5.41) is 15.1. The number of nitro groups is 1. The van der Waals surface area contributed by atoms with Gasteiger partial charge in [0, 0.05) is 12.1 Å². The third-order valence-electron chi connectivity index (χ3n) is 4.52. The van der Waals surface area contributed by atoms with Crippen LogP contribution in [-0.4, -0.2) is 32.4 Å². The van der Waals surface area contributed by atoms with Gasteiger partial charge in [-0.3, -0.25) is 14.9 Å². The largest absolute Gasteiger partial charge is 0.490 e. The molecular formula is C22H17N5O6. The second kappa shape index (κ2) is 9.14. The van der Waals surface area contributed by atoms with E-state index in [-0.39, 0.29) is 11.6 Å². The molecule has 2 aromatic heterocycles. The topological polar surface area (TPSA) is 142 Å². The van der Waals surface area contributed by atoms with Gasteiger partial charge < -0.3 is 14.5 Å². The van der Waals surface area contributed by atoms with Crippen LogP contribution in [0, 0.1) is 10.1 Å². The third kappa shape index (κ3) is 4.61. The van der Waals surface area contributed by atoms with Gasteiger partial charge in [0.25, 0.3) is 11.2 Å². The van der Waals surface area contributed by atoms with Crippen molar-refractivity contribution < 1.29 is 14.4 Å². The number of nitrogens with one attached hydrogen (secondary N) is 1.